The molecule has 2 amide bonds. The Morgan fingerprint density at radius 2 is 1.89 bits per heavy atom. The normalized spacial score (nSPS) is 9.95. The summed E-state index contributed by atoms with van der Waals surface area (Å²) < 4.78 is 0. The van der Waals surface area contributed by atoms with Crippen LogP contribution >= 0.6 is 11.3 Å². The highest BCUT2D eigenvalue weighted by molar-refractivity contribution is 7.15. The van der Waals surface area contributed by atoms with E-state index in [4.69, 9.17) is 0 Å². The zero-order valence-electron chi connectivity index (χ0n) is 10.2. The Hall–Kier alpha value is -2.28. The second-order valence-corrected chi connectivity index (χ2v) is 4.93. The van der Waals surface area contributed by atoms with Crippen LogP contribution in [-0.4, -0.2) is 22.0 Å². The summed E-state index contributed by atoms with van der Waals surface area (Å²) in [7, 11) is 0. The second kappa shape index (κ2) is 6.05. The van der Waals surface area contributed by atoms with Gasteiger partial charge in [0.05, 0.1) is 0 Å². The Morgan fingerprint density at radius 1 is 1.16 bits per heavy atom. The van der Waals surface area contributed by atoms with E-state index in [-0.39, 0.29) is 0 Å². The number of benzene rings is 1. The molecule has 0 radical (unpaired) electrons. The van der Waals surface area contributed by atoms with Gasteiger partial charge in [-0.25, -0.2) is 0 Å². The van der Waals surface area contributed by atoms with Crippen molar-refractivity contribution in [1.82, 2.24) is 15.5 Å². The van der Waals surface area contributed by atoms with Crippen LogP contribution in [0.2, 0.25) is 0 Å². The minimum absolute atomic E-state index is 0.308. The van der Waals surface area contributed by atoms with Gasteiger partial charge in [0.2, 0.25) is 5.13 Å². The zero-order valence-corrected chi connectivity index (χ0v) is 11.0. The lowest BCUT2D eigenvalue weighted by atomic mass is 10.2. The molecule has 2 aromatic rings. The van der Waals surface area contributed by atoms with Crippen LogP contribution in [0.3, 0.4) is 0 Å². The van der Waals surface area contributed by atoms with Gasteiger partial charge in [0.25, 0.3) is 0 Å². The summed E-state index contributed by atoms with van der Waals surface area (Å²) >= 11 is 1.21. The first-order valence-corrected chi connectivity index (χ1v) is 6.40. The van der Waals surface area contributed by atoms with Gasteiger partial charge in [-0.2, -0.15) is 0 Å². The predicted molar refractivity (Wildman–Crippen MR) is 71.6 cm³/mol. The van der Waals surface area contributed by atoms with Crippen LogP contribution in [0.25, 0.3) is 0 Å². The van der Waals surface area contributed by atoms with Gasteiger partial charge >= 0.3 is 11.8 Å². The SMILES string of the molecule is Cc1nnc(NC(=O)C(=O)NCc2ccccc2)s1. The first-order valence-electron chi connectivity index (χ1n) is 5.58. The molecule has 1 heterocycles. The number of anilines is 1. The van der Waals surface area contributed by atoms with Crippen molar-refractivity contribution in [2.45, 2.75) is 13.5 Å². The highest BCUT2D eigenvalue weighted by atomic mass is 32.1. The van der Waals surface area contributed by atoms with E-state index in [0.717, 1.165) is 10.6 Å². The highest BCUT2D eigenvalue weighted by Gasteiger charge is 2.15. The minimum Gasteiger partial charge on any atom is -0.344 e. The van der Waals surface area contributed by atoms with E-state index >= 15 is 0 Å². The minimum atomic E-state index is -0.743. The van der Waals surface area contributed by atoms with Crippen molar-refractivity contribution in [3.8, 4) is 0 Å². The molecule has 19 heavy (non-hydrogen) atoms. The van der Waals surface area contributed by atoms with Gasteiger partial charge in [0.15, 0.2) is 0 Å². The average Bonchev–Trinajstić information content (AvgIpc) is 2.82. The van der Waals surface area contributed by atoms with E-state index in [0.29, 0.717) is 11.7 Å². The van der Waals surface area contributed by atoms with Crippen LogP contribution in [0.15, 0.2) is 30.3 Å². The van der Waals surface area contributed by atoms with E-state index in [1.54, 1.807) is 6.92 Å². The smallest absolute Gasteiger partial charge is 0.315 e. The first-order chi connectivity index (χ1) is 9.15. The van der Waals surface area contributed by atoms with Crippen molar-refractivity contribution >= 4 is 28.3 Å². The third-order valence-corrected chi connectivity index (χ3v) is 3.00. The summed E-state index contributed by atoms with van der Waals surface area (Å²) in [6.07, 6.45) is 0. The van der Waals surface area contributed by atoms with E-state index in [2.05, 4.69) is 20.8 Å². The fraction of sp³-hybridized carbons (Fsp3) is 0.167. The maximum atomic E-state index is 11.6. The van der Waals surface area contributed by atoms with Crippen molar-refractivity contribution in [1.29, 1.82) is 0 Å². The molecule has 7 heteroatoms. The summed E-state index contributed by atoms with van der Waals surface area (Å²) in [6.45, 7) is 2.07. The number of hydrogen-bond donors (Lipinski definition) is 2. The van der Waals surface area contributed by atoms with Gasteiger partial charge in [0.1, 0.15) is 5.01 Å². The molecule has 0 fully saturated rings. The molecule has 2 N–H and O–H groups in total. The number of rotatable bonds is 3. The molecule has 6 nitrogen and oxygen atoms in total. The quantitative estimate of drug-likeness (QED) is 0.822. The van der Waals surface area contributed by atoms with Crippen LogP contribution in [0, 0.1) is 6.92 Å². The number of hydrogen-bond acceptors (Lipinski definition) is 5. The van der Waals surface area contributed by atoms with Gasteiger partial charge < -0.3 is 5.32 Å². The molecule has 2 rings (SSSR count). The molecule has 1 aromatic heterocycles. The predicted octanol–water partition coefficient (Wildman–Crippen LogP) is 1.10. The van der Waals surface area contributed by atoms with E-state index in [1.165, 1.54) is 11.3 Å². The van der Waals surface area contributed by atoms with Gasteiger partial charge in [-0.15, -0.1) is 10.2 Å². The van der Waals surface area contributed by atoms with Gasteiger partial charge in [0, 0.05) is 6.54 Å². The number of carbonyl (C=O) groups is 2. The van der Waals surface area contributed by atoms with Crippen molar-refractivity contribution in [2.75, 3.05) is 5.32 Å². The van der Waals surface area contributed by atoms with Gasteiger partial charge in [-0.1, -0.05) is 41.7 Å². The maximum absolute atomic E-state index is 11.6. The van der Waals surface area contributed by atoms with Crippen LogP contribution in [-0.2, 0) is 16.1 Å². The Morgan fingerprint density at radius 3 is 2.53 bits per heavy atom. The first kappa shape index (κ1) is 13.2. The fourth-order valence-electron chi connectivity index (χ4n) is 1.36. The van der Waals surface area contributed by atoms with Gasteiger partial charge in [-0.3, -0.25) is 14.9 Å². The number of aryl methyl sites for hydroxylation is 1. The van der Waals surface area contributed by atoms with Crippen molar-refractivity contribution in [3.05, 3.63) is 40.9 Å². The molecule has 0 unspecified atom stereocenters. The van der Waals surface area contributed by atoms with Gasteiger partial charge in [-0.05, 0) is 12.5 Å². The molecule has 1 aromatic carbocycles. The standard InChI is InChI=1S/C12H12N4O2S/c1-8-15-16-12(19-8)14-11(18)10(17)13-7-9-5-3-2-4-6-9/h2-6H,7H2,1H3,(H,13,17)(H,14,16,18). The third kappa shape index (κ3) is 3.85. The van der Waals surface area contributed by atoms with Crippen LogP contribution in [0.4, 0.5) is 5.13 Å². The van der Waals surface area contributed by atoms with Crippen LogP contribution in [0.1, 0.15) is 10.6 Å². The molecule has 0 atom stereocenters. The van der Waals surface area contributed by atoms with Crippen molar-refractivity contribution in [3.63, 3.8) is 0 Å². The molecular weight excluding hydrogens is 264 g/mol. The molecular formula is C12H12N4O2S. The van der Waals surface area contributed by atoms with E-state index < -0.39 is 11.8 Å². The van der Waals surface area contributed by atoms with Crippen LogP contribution < -0.4 is 10.6 Å². The number of nitrogens with zero attached hydrogens (tertiary/aromatic N) is 2. The molecule has 0 spiro atoms. The van der Waals surface area contributed by atoms with Crippen molar-refractivity contribution in [2.24, 2.45) is 0 Å². The summed E-state index contributed by atoms with van der Waals surface area (Å²) in [4.78, 5) is 23.1. The largest absolute Gasteiger partial charge is 0.344 e. The average molecular weight is 276 g/mol. The third-order valence-electron chi connectivity index (χ3n) is 2.25. The summed E-state index contributed by atoms with van der Waals surface area (Å²) in [6, 6.07) is 9.35. The van der Waals surface area contributed by atoms with E-state index in [9.17, 15) is 9.59 Å². The number of aromatic nitrogens is 2. The number of carbonyl (C=O) groups excluding carboxylic acids is 2. The highest BCUT2D eigenvalue weighted by Crippen LogP contribution is 2.13. The Bertz CT molecular complexity index is 582. The lowest BCUT2D eigenvalue weighted by molar-refractivity contribution is -0.136. The van der Waals surface area contributed by atoms with Crippen LogP contribution in [0.5, 0.6) is 0 Å². The topological polar surface area (TPSA) is 84.0 Å². The number of nitrogens with one attached hydrogen (secondary N) is 2. The molecule has 0 aliphatic heterocycles. The molecule has 0 saturated heterocycles. The Balaban J connectivity index is 1.84. The molecule has 0 aliphatic rings. The Labute approximate surface area is 113 Å². The molecule has 0 saturated carbocycles. The lowest BCUT2D eigenvalue weighted by Crippen LogP contribution is -2.34. The second-order valence-electron chi connectivity index (χ2n) is 3.75. The zero-order chi connectivity index (χ0) is 13.7. The summed E-state index contributed by atoms with van der Waals surface area (Å²) in [5.74, 6) is -1.44. The number of amides is 2. The fourth-order valence-corrected chi connectivity index (χ4v) is 1.95. The molecule has 0 aliphatic carbocycles. The van der Waals surface area contributed by atoms with Crippen molar-refractivity contribution < 1.29 is 9.59 Å². The molecule has 0 bridgehead atoms. The molecule has 98 valence electrons. The maximum Gasteiger partial charge on any atom is 0.315 e. The summed E-state index contributed by atoms with van der Waals surface area (Å²) in [5, 5.41) is 13.4. The van der Waals surface area contributed by atoms with E-state index in [1.807, 2.05) is 30.3 Å². The summed E-state index contributed by atoms with van der Waals surface area (Å²) in [5.41, 5.74) is 0.926. The Kier molecular flexibility index (Phi) is 4.19. The monoisotopic (exact) mass is 276 g/mol. The lowest BCUT2D eigenvalue weighted by Gasteiger charge is -2.04.